The summed E-state index contributed by atoms with van der Waals surface area (Å²) in [6.07, 6.45) is 3.07. The first-order chi connectivity index (χ1) is 13.1. The summed E-state index contributed by atoms with van der Waals surface area (Å²) in [5, 5.41) is 18.2. The molecule has 1 saturated heterocycles. The van der Waals surface area contributed by atoms with Crippen LogP contribution in [0.3, 0.4) is 0 Å². The highest BCUT2D eigenvalue weighted by Gasteiger charge is 2.28. The second kappa shape index (κ2) is 7.56. The van der Waals surface area contributed by atoms with Gasteiger partial charge in [-0.15, -0.1) is 11.3 Å². The Morgan fingerprint density at radius 3 is 2.70 bits per heavy atom. The number of carbonyl (C=O) groups excluding carboxylic acids is 1. The number of carboxylic acid groups (broad SMARTS) is 1. The molecule has 1 atom stereocenters. The molecule has 1 aliphatic carbocycles. The molecule has 0 spiro atoms. The van der Waals surface area contributed by atoms with E-state index in [4.69, 9.17) is 0 Å². The number of likely N-dealkylation sites (tertiary alicyclic amines) is 1. The minimum atomic E-state index is -0.857. The standard InChI is InChI=1S/C19H22N4O3S/c24-17(21-14-7-8-14)13-5-3-12(4-6-13)16-11-27-18(22-16)20-10-15-2-1-9-23(15)19(25)26/h3-6,11,14-15H,1-2,7-10H2,(H,20,22)(H,21,24)(H,25,26). The van der Waals surface area contributed by atoms with Crippen LogP contribution in [-0.2, 0) is 0 Å². The van der Waals surface area contributed by atoms with Crippen LogP contribution in [0.25, 0.3) is 11.3 Å². The number of hydrogen-bond acceptors (Lipinski definition) is 5. The van der Waals surface area contributed by atoms with Crippen molar-refractivity contribution >= 4 is 28.5 Å². The van der Waals surface area contributed by atoms with Gasteiger partial charge < -0.3 is 20.6 Å². The minimum absolute atomic E-state index is 0.000821. The van der Waals surface area contributed by atoms with Crippen LogP contribution in [-0.4, -0.2) is 52.2 Å². The number of aromatic nitrogens is 1. The van der Waals surface area contributed by atoms with Crippen LogP contribution < -0.4 is 10.6 Å². The molecule has 2 heterocycles. The third-order valence-electron chi connectivity index (χ3n) is 4.97. The average Bonchev–Trinajstić information content (AvgIpc) is 3.17. The summed E-state index contributed by atoms with van der Waals surface area (Å²) >= 11 is 1.50. The van der Waals surface area contributed by atoms with Gasteiger partial charge in [0, 0.05) is 35.6 Å². The van der Waals surface area contributed by atoms with E-state index in [1.807, 2.05) is 29.6 Å². The molecule has 0 bridgehead atoms. The maximum absolute atomic E-state index is 12.1. The Kier molecular flexibility index (Phi) is 4.98. The van der Waals surface area contributed by atoms with Crippen LogP contribution in [0.4, 0.5) is 9.93 Å². The maximum atomic E-state index is 12.1. The highest BCUT2D eigenvalue weighted by Crippen LogP contribution is 2.26. The number of carbonyl (C=O) groups is 2. The zero-order chi connectivity index (χ0) is 18.8. The van der Waals surface area contributed by atoms with E-state index in [2.05, 4.69) is 15.6 Å². The van der Waals surface area contributed by atoms with Crippen LogP contribution in [0.1, 0.15) is 36.0 Å². The molecule has 4 rings (SSSR count). The number of amides is 2. The summed E-state index contributed by atoms with van der Waals surface area (Å²) < 4.78 is 0. The number of thiazole rings is 1. The fraction of sp³-hybridized carbons (Fsp3) is 0.421. The van der Waals surface area contributed by atoms with E-state index in [0.29, 0.717) is 24.7 Å². The first-order valence-electron chi connectivity index (χ1n) is 9.20. The van der Waals surface area contributed by atoms with Crippen molar-refractivity contribution in [3.05, 3.63) is 35.2 Å². The van der Waals surface area contributed by atoms with Crippen molar-refractivity contribution in [2.24, 2.45) is 0 Å². The summed E-state index contributed by atoms with van der Waals surface area (Å²) in [5.41, 5.74) is 2.46. The molecule has 8 heteroatoms. The molecule has 1 aromatic carbocycles. The molecule has 2 amide bonds. The molecule has 1 aliphatic heterocycles. The molecular formula is C19H22N4O3S. The molecule has 1 saturated carbocycles. The number of hydrogen-bond donors (Lipinski definition) is 3. The number of nitrogens with one attached hydrogen (secondary N) is 2. The van der Waals surface area contributed by atoms with Gasteiger partial charge in [0.1, 0.15) is 0 Å². The van der Waals surface area contributed by atoms with E-state index in [9.17, 15) is 14.7 Å². The van der Waals surface area contributed by atoms with Crippen molar-refractivity contribution in [2.45, 2.75) is 37.8 Å². The maximum Gasteiger partial charge on any atom is 0.407 e. The zero-order valence-corrected chi connectivity index (χ0v) is 15.7. The predicted octanol–water partition coefficient (Wildman–Crippen LogP) is 3.26. The zero-order valence-electron chi connectivity index (χ0n) is 14.9. The van der Waals surface area contributed by atoms with E-state index in [0.717, 1.165) is 42.1 Å². The molecule has 7 nitrogen and oxygen atoms in total. The normalized spacial score (nSPS) is 19.1. The highest BCUT2D eigenvalue weighted by molar-refractivity contribution is 7.14. The van der Waals surface area contributed by atoms with Gasteiger partial charge in [-0.25, -0.2) is 9.78 Å². The molecule has 27 heavy (non-hydrogen) atoms. The molecule has 2 fully saturated rings. The van der Waals surface area contributed by atoms with E-state index in [1.165, 1.54) is 16.2 Å². The second-order valence-electron chi connectivity index (χ2n) is 7.02. The Labute approximate surface area is 161 Å². The van der Waals surface area contributed by atoms with Gasteiger partial charge in [-0.3, -0.25) is 4.79 Å². The van der Waals surface area contributed by atoms with Crippen LogP contribution in [0.5, 0.6) is 0 Å². The molecule has 1 unspecified atom stereocenters. The van der Waals surface area contributed by atoms with Crippen LogP contribution in [0.2, 0.25) is 0 Å². The quantitative estimate of drug-likeness (QED) is 0.708. The lowest BCUT2D eigenvalue weighted by atomic mass is 10.1. The Bertz CT molecular complexity index is 832. The van der Waals surface area contributed by atoms with Crippen molar-refractivity contribution in [1.29, 1.82) is 0 Å². The summed E-state index contributed by atoms with van der Waals surface area (Å²) in [5.74, 6) is -0.0239. The molecule has 1 aromatic heterocycles. The summed E-state index contributed by atoms with van der Waals surface area (Å²) in [6, 6.07) is 7.80. The SMILES string of the molecule is O=C(NC1CC1)c1ccc(-c2csc(NCC3CCCN3C(=O)O)n2)cc1. The van der Waals surface area contributed by atoms with Gasteiger partial charge in [0.2, 0.25) is 0 Å². The summed E-state index contributed by atoms with van der Waals surface area (Å²) in [7, 11) is 0. The second-order valence-corrected chi connectivity index (χ2v) is 7.87. The van der Waals surface area contributed by atoms with Crippen LogP contribution in [0.15, 0.2) is 29.6 Å². The number of rotatable bonds is 6. The Hall–Kier alpha value is -2.61. The van der Waals surface area contributed by atoms with E-state index >= 15 is 0 Å². The Morgan fingerprint density at radius 2 is 2.00 bits per heavy atom. The van der Waals surface area contributed by atoms with Gasteiger partial charge in [-0.2, -0.15) is 0 Å². The average molecular weight is 386 g/mol. The van der Waals surface area contributed by atoms with Gasteiger partial charge >= 0.3 is 6.09 Å². The summed E-state index contributed by atoms with van der Waals surface area (Å²) in [6.45, 7) is 1.17. The predicted molar refractivity (Wildman–Crippen MR) is 104 cm³/mol. The van der Waals surface area contributed by atoms with Gasteiger partial charge in [-0.1, -0.05) is 12.1 Å². The summed E-state index contributed by atoms with van der Waals surface area (Å²) in [4.78, 5) is 29.3. The lowest BCUT2D eigenvalue weighted by Crippen LogP contribution is -2.38. The van der Waals surface area contributed by atoms with E-state index in [1.54, 1.807) is 0 Å². The minimum Gasteiger partial charge on any atom is -0.465 e. The third-order valence-corrected chi connectivity index (χ3v) is 5.77. The van der Waals surface area contributed by atoms with Crippen molar-refractivity contribution in [1.82, 2.24) is 15.2 Å². The van der Waals surface area contributed by atoms with Crippen molar-refractivity contribution in [3.63, 3.8) is 0 Å². The molecule has 2 aromatic rings. The van der Waals surface area contributed by atoms with E-state index in [-0.39, 0.29) is 11.9 Å². The first kappa shape index (κ1) is 17.8. The van der Waals surface area contributed by atoms with Gasteiger partial charge in [0.25, 0.3) is 5.91 Å². The smallest absolute Gasteiger partial charge is 0.407 e. The largest absolute Gasteiger partial charge is 0.465 e. The third kappa shape index (κ3) is 4.21. The fourth-order valence-electron chi connectivity index (χ4n) is 3.28. The van der Waals surface area contributed by atoms with Gasteiger partial charge in [0.15, 0.2) is 5.13 Å². The fourth-order valence-corrected chi connectivity index (χ4v) is 4.01. The molecule has 2 aliphatic rings. The first-order valence-corrected chi connectivity index (χ1v) is 10.1. The molecule has 3 N–H and O–H groups in total. The van der Waals surface area contributed by atoms with Crippen LogP contribution >= 0.6 is 11.3 Å². The lowest BCUT2D eigenvalue weighted by molar-refractivity contribution is 0.0951. The van der Waals surface area contributed by atoms with Gasteiger partial charge in [-0.05, 0) is 37.8 Å². The van der Waals surface area contributed by atoms with Crippen molar-refractivity contribution in [2.75, 3.05) is 18.4 Å². The molecule has 142 valence electrons. The number of benzene rings is 1. The molecular weight excluding hydrogens is 364 g/mol. The Balaban J connectivity index is 1.36. The molecule has 0 radical (unpaired) electrons. The topological polar surface area (TPSA) is 94.6 Å². The monoisotopic (exact) mass is 386 g/mol. The van der Waals surface area contributed by atoms with Gasteiger partial charge in [0.05, 0.1) is 11.7 Å². The highest BCUT2D eigenvalue weighted by atomic mass is 32.1. The number of nitrogens with zero attached hydrogens (tertiary/aromatic N) is 2. The van der Waals surface area contributed by atoms with Crippen molar-refractivity contribution < 1.29 is 14.7 Å². The lowest BCUT2D eigenvalue weighted by Gasteiger charge is -2.21. The number of anilines is 1. The Morgan fingerprint density at radius 1 is 1.22 bits per heavy atom. The van der Waals surface area contributed by atoms with E-state index < -0.39 is 6.09 Å². The van der Waals surface area contributed by atoms with Crippen molar-refractivity contribution in [3.8, 4) is 11.3 Å². The van der Waals surface area contributed by atoms with Crippen LogP contribution in [0, 0.1) is 0 Å².